The van der Waals surface area contributed by atoms with Crippen molar-refractivity contribution in [1.29, 1.82) is 0 Å². The topological polar surface area (TPSA) is 84.9 Å². The molecule has 0 aliphatic carbocycles. The van der Waals surface area contributed by atoms with E-state index in [9.17, 15) is 14.7 Å². The van der Waals surface area contributed by atoms with E-state index in [0.29, 0.717) is 11.3 Å². The Hall–Kier alpha value is -2.08. The summed E-state index contributed by atoms with van der Waals surface area (Å²) in [5.41, 5.74) is -0.743. The monoisotopic (exact) mass is 279 g/mol. The highest BCUT2D eigenvalue weighted by Gasteiger charge is 2.47. The van der Waals surface area contributed by atoms with Crippen molar-refractivity contribution in [3.05, 3.63) is 29.8 Å². The summed E-state index contributed by atoms with van der Waals surface area (Å²) in [5, 5.41) is 12.0. The number of amides is 1. The summed E-state index contributed by atoms with van der Waals surface area (Å²) in [5.74, 6) is -0.910. The molecule has 1 aromatic rings. The number of carbonyl (C=O) groups is 2. The lowest BCUT2D eigenvalue weighted by Gasteiger charge is -2.25. The minimum Gasteiger partial charge on any atom is -0.496 e. The van der Waals surface area contributed by atoms with Crippen LogP contribution in [0.15, 0.2) is 24.3 Å². The van der Waals surface area contributed by atoms with Crippen LogP contribution in [0.1, 0.15) is 17.3 Å². The predicted octanol–water partition coefficient (Wildman–Crippen LogP) is 0.915. The first-order valence-electron chi connectivity index (χ1n) is 6.24. The molecule has 2 N–H and O–H groups in total. The van der Waals surface area contributed by atoms with Crippen molar-refractivity contribution in [3.8, 4) is 5.75 Å². The van der Waals surface area contributed by atoms with Crippen LogP contribution in [0.4, 0.5) is 0 Å². The Kier molecular flexibility index (Phi) is 3.94. The molecular weight excluding hydrogens is 262 g/mol. The normalized spacial score (nSPS) is 25.2. The molecule has 1 aliphatic rings. The molecular formula is C14H17NO5. The number of carboxylic acid groups (broad SMARTS) is 1. The van der Waals surface area contributed by atoms with Crippen LogP contribution in [0.5, 0.6) is 5.75 Å². The lowest BCUT2D eigenvalue weighted by Crippen LogP contribution is -2.49. The molecule has 20 heavy (non-hydrogen) atoms. The van der Waals surface area contributed by atoms with Crippen LogP contribution in [-0.4, -0.2) is 43.3 Å². The second-order valence-electron chi connectivity index (χ2n) is 4.96. The molecule has 108 valence electrons. The lowest BCUT2D eigenvalue weighted by atomic mass is 9.85. The third-order valence-corrected chi connectivity index (χ3v) is 3.60. The molecule has 1 amide bonds. The average molecular weight is 279 g/mol. The van der Waals surface area contributed by atoms with Crippen molar-refractivity contribution in [2.24, 2.45) is 5.41 Å². The summed E-state index contributed by atoms with van der Waals surface area (Å²) in [7, 11) is 1.48. The Bertz CT molecular complexity index is 530. The second kappa shape index (κ2) is 5.50. The van der Waals surface area contributed by atoms with Gasteiger partial charge in [-0.2, -0.15) is 0 Å². The van der Waals surface area contributed by atoms with Crippen LogP contribution in [-0.2, 0) is 9.53 Å². The summed E-state index contributed by atoms with van der Waals surface area (Å²) < 4.78 is 10.3. The van der Waals surface area contributed by atoms with Gasteiger partial charge >= 0.3 is 5.97 Å². The maximum atomic E-state index is 12.3. The fourth-order valence-corrected chi connectivity index (χ4v) is 2.15. The molecule has 1 fully saturated rings. The van der Waals surface area contributed by atoms with Gasteiger partial charge in [0.15, 0.2) is 0 Å². The van der Waals surface area contributed by atoms with Gasteiger partial charge in [0.2, 0.25) is 0 Å². The van der Waals surface area contributed by atoms with Crippen molar-refractivity contribution in [3.63, 3.8) is 0 Å². The van der Waals surface area contributed by atoms with Crippen molar-refractivity contribution in [2.75, 3.05) is 20.3 Å². The standard InChI is InChI=1S/C14H17NO5/c1-14(13(17)18)8-20-7-11(14)15-12(16)9-5-3-4-6-10(9)19-2/h3-6,11H,7-8H2,1-2H3,(H,15,16)(H,17,18). The Morgan fingerprint density at radius 1 is 1.45 bits per heavy atom. The summed E-state index contributed by atoms with van der Waals surface area (Å²) in [6.45, 7) is 1.83. The number of carbonyl (C=O) groups excluding carboxylic acids is 1. The summed E-state index contributed by atoms with van der Waals surface area (Å²) in [6, 6.07) is 6.21. The van der Waals surface area contributed by atoms with E-state index in [0.717, 1.165) is 0 Å². The fourth-order valence-electron chi connectivity index (χ4n) is 2.15. The van der Waals surface area contributed by atoms with E-state index in [-0.39, 0.29) is 19.1 Å². The number of nitrogens with one attached hydrogen (secondary N) is 1. The van der Waals surface area contributed by atoms with Crippen LogP contribution in [0.2, 0.25) is 0 Å². The highest BCUT2D eigenvalue weighted by atomic mass is 16.5. The van der Waals surface area contributed by atoms with E-state index in [1.54, 1.807) is 31.2 Å². The van der Waals surface area contributed by atoms with Crippen molar-refractivity contribution >= 4 is 11.9 Å². The molecule has 6 heteroatoms. The number of para-hydroxylation sites is 1. The molecule has 2 unspecified atom stereocenters. The third kappa shape index (κ3) is 2.46. The van der Waals surface area contributed by atoms with E-state index < -0.39 is 17.4 Å². The highest BCUT2D eigenvalue weighted by molar-refractivity contribution is 5.97. The molecule has 2 atom stereocenters. The van der Waals surface area contributed by atoms with E-state index in [2.05, 4.69) is 5.32 Å². The Morgan fingerprint density at radius 3 is 2.80 bits per heavy atom. The van der Waals surface area contributed by atoms with Gasteiger partial charge in [-0.3, -0.25) is 9.59 Å². The van der Waals surface area contributed by atoms with Gasteiger partial charge in [-0.25, -0.2) is 0 Å². The molecule has 0 bridgehead atoms. The van der Waals surface area contributed by atoms with Gasteiger partial charge in [-0.15, -0.1) is 0 Å². The number of methoxy groups -OCH3 is 1. The zero-order valence-corrected chi connectivity index (χ0v) is 11.4. The van der Waals surface area contributed by atoms with Crippen LogP contribution in [0.3, 0.4) is 0 Å². The Morgan fingerprint density at radius 2 is 2.15 bits per heavy atom. The fraction of sp³-hybridized carbons (Fsp3) is 0.429. The van der Waals surface area contributed by atoms with E-state index >= 15 is 0 Å². The van der Waals surface area contributed by atoms with Crippen molar-refractivity contribution in [1.82, 2.24) is 5.32 Å². The van der Waals surface area contributed by atoms with Crippen LogP contribution >= 0.6 is 0 Å². The molecule has 1 saturated heterocycles. The maximum absolute atomic E-state index is 12.3. The van der Waals surface area contributed by atoms with Crippen LogP contribution < -0.4 is 10.1 Å². The van der Waals surface area contributed by atoms with Gasteiger partial charge < -0.3 is 19.9 Å². The number of carboxylic acids is 1. The highest BCUT2D eigenvalue weighted by Crippen LogP contribution is 2.29. The Labute approximate surface area is 116 Å². The largest absolute Gasteiger partial charge is 0.496 e. The van der Waals surface area contributed by atoms with E-state index in [1.165, 1.54) is 7.11 Å². The van der Waals surface area contributed by atoms with E-state index in [4.69, 9.17) is 9.47 Å². The molecule has 1 heterocycles. The Balaban J connectivity index is 2.18. The number of hydrogen-bond donors (Lipinski definition) is 2. The summed E-state index contributed by atoms with van der Waals surface area (Å²) in [6.07, 6.45) is 0. The zero-order valence-electron chi connectivity index (χ0n) is 11.4. The van der Waals surface area contributed by atoms with Gasteiger partial charge in [0.05, 0.1) is 31.9 Å². The number of benzene rings is 1. The average Bonchev–Trinajstić information content (AvgIpc) is 2.81. The molecule has 2 rings (SSSR count). The molecule has 0 spiro atoms. The minimum absolute atomic E-state index is 0.0825. The quantitative estimate of drug-likeness (QED) is 0.856. The molecule has 1 aliphatic heterocycles. The molecule has 6 nitrogen and oxygen atoms in total. The minimum atomic E-state index is -1.11. The van der Waals surface area contributed by atoms with Gasteiger partial charge in [0, 0.05) is 0 Å². The number of ether oxygens (including phenoxy) is 2. The van der Waals surface area contributed by atoms with Crippen molar-refractivity contribution < 1.29 is 24.2 Å². The number of aliphatic carboxylic acids is 1. The number of hydrogen-bond acceptors (Lipinski definition) is 4. The lowest BCUT2D eigenvalue weighted by molar-refractivity contribution is -0.148. The summed E-state index contributed by atoms with van der Waals surface area (Å²) in [4.78, 5) is 23.6. The molecule has 0 saturated carbocycles. The van der Waals surface area contributed by atoms with Crippen molar-refractivity contribution in [2.45, 2.75) is 13.0 Å². The summed E-state index contributed by atoms with van der Waals surface area (Å²) >= 11 is 0. The SMILES string of the molecule is COc1ccccc1C(=O)NC1COCC1(C)C(=O)O. The first-order valence-corrected chi connectivity index (χ1v) is 6.24. The predicted molar refractivity (Wildman–Crippen MR) is 70.8 cm³/mol. The van der Waals surface area contributed by atoms with Gasteiger partial charge in [-0.1, -0.05) is 12.1 Å². The van der Waals surface area contributed by atoms with Gasteiger partial charge in [0.25, 0.3) is 5.91 Å². The van der Waals surface area contributed by atoms with Crippen LogP contribution in [0, 0.1) is 5.41 Å². The van der Waals surface area contributed by atoms with Gasteiger partial charge in [0.1, 0.15) is 11.2 Å². The second-order valence-corrected chi connectivity index (χ2v) is 4.96. The molecule has 0 radical (unpaired) electrons. The van der Waals surface area contributed by atoms with Gasteiger partial charge in [-0.05, 0) is 19.1 Å². The first-order chi connectivity index (χ1) is 9.49. The third-order valence-electron chi connectivity index (χ3n) is 3.60. The smallest absolute Gasteiger partial charge is 0.313 e. The zero-order chi connectivity index (χ0) is 14.8. The maximum Gasteiger partial charge on any atom is 0.313 e. The van der Waals surface area contributed by atoms with Crippen LogP contribution in [0.25, 0.3) is 0 Å². The number of rotatable bonds is 4. The molecule has 0 aromatic heterocycles. The van der Waals surface area contributed by atoms with E-state index in [1.807, 2.05) is 0 Å². The first kappa shape index (κ1) is 14.3. The molecule has 1 aromatic carbocycles.